The second kappa shape index (κ2) is 7.87. The third-order valence-electron chi connectivity index (χ3n) is 4.08. The second-order valence-corrected chi connectivity index (χ2v) is 8.61. The maximum atomic E-state index is 12.8. The van der Waals surface area contributed by atoms with E-state index >= 15 is 0 Å². The summed E-state index contributed by atoms with van der Waals surface area (Å²) in [6.07, 6.45) is 0. The van der Waals surface area contributed by atoms with Gasteiger partial charge >= 0.3 is 5.97 Å². The van der Waals surface area contributed by atoms with Crippen LogP contribution < -0.4 is 4.74 Å². The fraction of sp³-hybridized carbons (Fsp3) is 0.278. The number of halogens is 1. The van der Waals surface area contributed by atoms with Crippen LogP contribution in [0.2, 0.25) is 0 Å². The largest absolute Gasteiger partial charge is 0.422 e. The van der Waals surface area contributed by atoms with Gasteiger partial charge in [0.2, 0.25) is 10.0 Å². The van der Waals surface area contributed by atoms with Crippen molar-refractivity contribution in [2.75, 3.05) is 26.3 Å². The molecule has 1 fully saturated rings. The third kappa shape index (κ3) is 3.98. The Kier molecular flexibility index (Phi) is 5.76. The van der Waals surface area contributed by atoms with E-state index in [-0.39, 0.29) is 10.5 Å². The Labute approximate surface area is 160 Å². The van der Waals surface area contributed by atoms with Crippen LogP contribution in [0.25, 0.3) is 0 Å². The van der Waals surface area contributed by atoms with E-state index in [1.807, 2.05) is 6.07 Å². The zero-order valence-corrected chi connectivity index (χ0v) is 16.5. The number of carbonyl (C=O) groups excluding carboxylic acids is 1. The van der Waals surface area contributed by atoms with Crippen molar-refractivity contribution in [3.63, 3.8) is 0 Å². The molecule has 0 N–H and O–H groups in total. The van der Waals surface area contributed by atoms with E-state index in [1.54, 1.807) is 31.2 Å². The van der Waals surface area contributed by atoms with Crippen LogP contribution in [-0.4, -0.2) is 45.0 Å². The lowest BCUT2D eigenvalue weighted by molar-refractivity contribution is 0.0726. The highest BCUT2D eigenvalue weighted by Gasteiger charge is 2.27. The number of hydrogen-bond acceptors (Lipinski definition) is 5. The number of ether oxygens (including phenoxy) is 2. The summed E-state index contributed by atoms with van der Waals surface area (Å²) < 4.78 is 38.2. The van der Waals surface area contributed by atoms with Crippen molar-refractivity contribution >= 4 is 31.9 Å². The number of carbonyl (C=O) groups is 1. The molecule has 3 rings (SSSR count). The monoisotopic (exact) mass is 439 g/mol. The molecule has 0 spiro atoms. The number of benzene rings is 2. The quantitative estimate of drug-likeness (QED) is 0.540. The number of morpholine rings is 1. The summed E-state index contributed by atoms with van der Waals surface area (Å²) in [6.45, 7) is 3.06. The number of nitrogens with zero attached hydrogens (tertiary/aromatic N) is 1. The Hall–Kier alpha value is -1.74. The first kappa shape index (κ1) is 19.0. The van der Waals surface area contributed by atoms with E-state index in [0.717, 1.165) is 0 Å². The summed E-state index contributed by atoms with van der Waals surface area (Å²) in [4.78, 5) is 12.6. The SMILES string of the molecule is Cc1ccc(S(=O)(=O)N2CCOCC2)cc1C(=O)Oc1ccccc1Br. The molecule has 2 aromatic rings. The standard InChI is InChI=1S/C18H18BrNO5S/c1-13-6-7-14(26(22,23)20-8-10-24-11-9-20)12-15(13)18(21)25-17-5-3-2-4-16(17)19/h2-7,12H,8-11H2,1H3. The maximum Gasteiger partial charge on any atom is 0.343 e. The Morgan fingerprint density at radius 1 is 1.15 bits per heavy atom. The Balaban J connectivity index is 1.90. The van der Waals surface area contributed by atoms with Crippen LogP contribution in [0.4, 0.5) is 0 Å². The zero-order chi connectivity index (χ0) is 18.7. The summed E-state index contributed by atoms with van der Waals surface area (Å²) in [5.74, 6) is -0.230. The van der Waals surface area contributed by atoms with Crippen LogP contribution in [0.5, 0.6) is 5.75 Å². The minimum atomic E-state index is -3.68. The number of para-hydroxylation sites is 1. The number of hydrogen-bond donors (Lipinski definition) is 0. The molecule has 0 unspecified atom stereocenters. The average Bonchev–Trinajstić information content (AvgIpc) is 2.64. The lowest BCUT2D eigenvalue weighted by Gasteiger charge is -2.26. The first-order valence-corrected chi connectivity index (χ1v) is 10.3. The minimum Gasteiger partial charge on any atom is -0.422 e. The van der Waals surface area contributed by atoms with E-state index in [1.165, 1.54) is 16.4 Å². The van der Waals surface area contributed by atoms with Crippen molar-refractivity contribution in [2.45, 2.75) is 11.8 Å². The predicted octanol–water partition coefficient (Wildman–Crippen LogP) is 3.00. The van der Waals surface area contributed by atoms with E-state index in [9.17, 15) is 13.2 Å². The normalized spacial score (nSPS) is 15.6. The smallest absolute Gasteiger partial charge is 0.343 e. The van der Waals surface area contributed by atoms with E-state index in [4.69, 9.17) is 9.47 Å². The van der Waals surface area contributed by atoms with Crippen molar-refractivity contribution in [2.24, 2.45) is 0 Å². The van der Waals surface area contributed by atoms with Gasteiger partial charge in [-0.25, -0.2) is 13.2 Å². The van der Waals surface area contributed by atoms with Gasteiger partial charge in [-0.1, -0.05) is 18.2 Å². The maximum absolute atomic E-state index is 12.8. The summed E-state index contributed by atoms with van der Waals surface area (Å²) in [7, 11) is -3.68. The molecule has 1 aliphatic rings. The highest BCUT2D eigenvalue weighted by atomic mass is 79.9. The first-order chi connectivity index (χ1) is 12.4. The number of esters is 1. The summed E-state index contributed by atoms with van der Waals surface area (Å²) in [5.41, 5.74) is 0.859. The summed E-state index contributed by atoms with van der Waals surface area (Å²) in [6, 6.07) is 11.5. The molecule has 26 heavy (non-hydrogen) atoms. The van der Waals surface area contributed by atoms with Crippen molar-refractivity contribution in [1.29, 1.82) is 0 Å². The van der Waals surface area contributed by atoms with Crippen LogP contribution >= 0.6 is 15.9 Å². The Morgan fingerprint density at radius 2 is 1.85 bits per heavy atom. The molecule has 8 heteroatoms. The molecule has 1 aliphatic heterocycles. The lowest BCUT2D eigenvalue weighted by atomic mass is 10.1. The van der Waals surface area contributed by atoms with Gasteiger partial charge < -0.3 is 9.47 Å². The highest BCUT2D eigenvalue weighted by molar-refractivity contribution is 9.10. The highest BCUT2D eigenvalue weighted by Crippen LogP contribution is 2.26. The molecule has 0 aliphatic carbocycles. The van der Waals surface area contributed by atoms with Gasteiger partial charge in [-0.05, 0) is 52.7 Å². The molecule has 1 heterocycles. The zero-order valence-electron chi connectivity index (χ0n) is 14.1. The van der Waals surface area contributed by atoms with Crippen molar-refractivity contribution in [1.82, 2.24) is 4.31 Å². The summed E-state index contributed by atoms with van der Waals surface area (Å²) >= 11 is 3.32. The molecule has 0 amide bonds. The fourth-order valence-electron chi connectivity index (χ4n) is 2.60. The van der Waals surface area contributed by atoms with Crippen LogP contribution in [0.3, 0.4) is 0 Å². The molecule has 6 nitrogen and oxygen atoms in total. The van der Waals surface area contributed by atoms with Crippen LogP contribution in [0.15, 0.2) is 51.8 Å². The lowest BCUT2D eigenvalue weighted by Crippen LogP contribution is -2.40. The molecule has 138 valence electrons. The number of aryl methyl sites for hydroxylation is 1. The average molecular weight is 440 g/mol. The van der Waals surface area contributed by atoms with Gasteiger partial charge in [0.1, 0.15) is 5.75 Å². The first-order valence-electron chi connectivity index (χ1n) is 8.05. The molecule has 0 radical (unpaired) electrons. The second-order valence-electron chi connectivity index (χ2n) is 5.81. The molecule has 0 bridgehead atoms. The van der Waals surface area contributed by atoms with Crippen LogP contribution in [0.1, 0.15) is 15.9 Å². The van der Waals surface area contributed by atoms with Crippen molar-refractivity contribution in [3.05, 3.63) is 58.1 Å². The van der Waals surface area contributed by atoms with Gasteiger partial charge in [0.15, 0.2) is 0 Å². The number of rotatable bonds is 4. The van der Waals surface area contributed by atoms with Gasteiger partial charge in [-0.15, -0.1) is 0 Å². The topological polar surface area (TPSA) is 72.9 Å². The van der Waals surface area contributed by atoms with E-state index in [2.05, 4.69) is 15.9 Å². The Morgan fingerprint density at radius 3 is 2.54 bits per heavy atom. The van der Waals surface area contributed by atoms with Gasteiger partial charge in [-0.3, -0.25) is 0 Å². The predicted molar refractivity (Wildman–Crippen MR) is 99.9 cm³/mol. The van der Waals surface area contributed by atoms with Gasteiger partial charge in [0, 0.05) is 13.1 Å². The Bertz CT molecular complexity index is 923. The molecular formula is C18H18BrNO5S. The fourth-order valence-corrected chi connectivity index (χ4v) is 4.40. The van der Waals surface area contributed by atoms with Gasteiger partial charge in [-0.2, -0.15) is 4.31 Å². The number of sulfonamides is 1. The molecular weight excluding hydrogens is 422 g/mol. The molecule has 0 saturated carbocycles. The van der Waals surface area contributed by atoms with Crippen molar-refractivity contribution in [3.8, 4) is 5.75 Å². The summed E-state index contributed by atoms with van der Waals surface area (Å²) in [5, 5.41) is 0. The van der Waals surface area contributed by atoms with Crippen LogP contribution in [0, 0.1) is 6.92 Å². The van der Waals surface area contributed by atoms with Gasteiger partial charge in [0.05, 0.1) is 28.1 Å². The molecule has 1 saturated heterocycles. The molecule has 0 aromatic heterocycles. The van der Waals surface area contributed by atoms with E-state index < -0.39 is 16.0 Å². The minimum absolute atomic E-state index is 0.0732. The van der Waals surface area contributed by atoms with Crippen LogP contribution in [-0.2, 0) is 14.8 Å². The molecule has 2 aromatic carbocycles. The molecule has 0 atom stereocenters. The van der Waals surface area contributed by atoms with Crippen molar-refractivity contribution < 1.29 is 22.7 Å². The van der Waals surface area contributed by atoms with E-state index in [0.29, 0.717) is 42.1 Å². The van der Waals surface area contributed by atoms with Gasteiger partial charge in [0.25, 0.3) is 0 Å². The third-order valence-corrected chi connectivity index (χ3v) is 6.63.